The number of halogens is 1. The first-order chi connectivity index (χ1) is 12.0. The zero-order valence-corrected chi connectivity index (χ0v) is 14.9. The quantitative estimate of drug-likeness (QED) is 0.607. The number of carboxylic acids is 1. The molecule has 128 valence electrons. The summed E-state index contributed by atoms with van der Waals surface area (Å²) in [5, 5.41) is 12.6. The topological polar surface area (TPSA) is 108 Å². The van der Waals surface area contributed by atoms with Crippen LogP contribution in [0.25, 0.3) is 11.0 Å². The number of rotatable bonds is 5. The van der Waals surface area contributed by atoms with E-state index in [-0.39, 0.29) is 12.1 Å². The minimum Gasteiger partial charge on any atom is -0.481 e. The first-order valence-electron chi connectivity index (χ1n) is 7.52. The molecule has 2 heterocycles. The molecule has 1 atom stereocenters. The molecule has 2 aromatic heterocycles. The number of hydrogen-bond donors (Lipinski definition) is 3. The van der Waals surface area contributed by atoms with Crippen LogP contribution in [0, 0.1) is 6.92 Å². The number of hydrogen-bond acceptors (Lipinski definition) is 4. The van der Waals surface area contributed by atoms with Gasteiger partial charge in [-0.1, -0.05) is 22.0 Å². The zero-order chi connectivity index (χ0) is 18.0. The highest BCUT2D eigenvalue weighted by Gasteiger charge is 2.22. The Balaban J connectivity index is 1.93. The number of carbonyl (C=O) groups is 2. The standard InChI is InChI=1S/C17H15BrN4O3/c1-9-6-10(18)2-3-11(9)13(7-14(23)24)22-17(25)15-12-4-5-19-16(12)21-8-20-15/h2-6,8,13H,7H2,1H3,(H,22,25)(H,23,24)(H,19,20,21)/t13-/m1/s1. The fourth-order valence-electron chi connectivity index (χ4n) is 2.72. The minimum atomic E-state index is -0.998. The molecule has 3 rings (SSSR count). The minimum absolute atomic E-state index is 0.205. The molecule has 0 aliphatic heterocycles. The van der Waals surface area contributed by atoms with E-state index in [4.69, 9.17) is 0 Å². The second-order valence-corrected chi connectivity index (χ2v) is 6.50. The maximum atomic E-state index is 12.7. The highest BCUT2D eigenvalue weighted by atomic mass is 79.9. The molecule has 0 radical (unpaired) electrons. The number of aryl methyl sites for hydroxylation is 1. The van der Waals surface area contributed by atoms with Gasteiger partial charge >= 0.3 is 5.97 Å². The Morgan fingerprint density at radius 1 is 1.32 bits per heavy atom. The van der Waals surface area contributed by atoms with Gasteiger partial charge in [0.1, 0.15) is 17.7 Å². The average Bonchev–Trinajstić information content (AvgIpc) is 3.02. The number of fused-ring (bicyclic) bond motifs is 1. The lowest BCUT2D eigenvalue weighted by Gasteiger charge is -2.19. The molecule has 3 aromatic rings. The Morgan fingerprint density at radius 2 is 2.12 bits per heavy atom. The third-order valence-corrected chi connectivity index (χ3v) is 4.35. The van der Waals surface area contributed by atoms with Crippen molar-refractivity contribution in [2.24, 2.45) is 0 Å². The van der Waals surface area contributed by atoms with Gasteiger partial charge in [-0.3, -0.25) is 9.59 Å². The summed E-state index contributed by atoms with van der Waals surface area (Å²) in [6.07, 6.45) is 2.74. The summed E-state index contributed by atoms with van der Waals surface area (Å²) in [6.45, 7) is 1.87. The highest BCUT2D eigenvalue weighted by Crippen LogP contribution is 2.25. The lowest BCUT2D eigenvalue weighted by Crippen LogP contribution is -2.31. The summed E-state index contributed by atoms with van der Waals surface area (Å²) >= 11 is 3.38. The third-order valence-electron chi connectivity index (χ3n) is 3.86. The summed E-state index contributed by atoms with van der Waals surface area (Å²) in [5.74, 6) is -1.44. The number of nitrogens with one attached hydrogen (secondary N) is 2. The molecule has 0 aliphatic rings. The molecule has 0 unspecified atom stereocenters. The molecule has 0 saturated carbocycles. The van der Waals surface area contributed by atoms with Crippen molar-refractivity contribution in [3.05, 3.63) is 58.1 Å². The predicted octanol–water partition coefficient (Wildman–Crippen LogP) is 2.97. The van der Waals surface area contributed by atoms with Crippen molar-refractivity contribution in [3.63, 3.8) is 0 Å². The van der Waals surface area contributed by atoms with Crippen molar-refractivity contribution in [2.75, 3.05) is 0 Å². The van der Waals surface area contributed by atoms with Crippen LogP contribution in [0.1, 0.15) is 34.1 Å². The van der Waals surface area contributed by atoms with E-state index in [1.54, 1.807) is 18.3 Å². The predicted molar refractivity (Wildman–Crippen MR) is 95.2 cm³/mol. The number of aromatic nitrogens is 3. The molecule has 7 nitrogen and oxygen atoms in total. The number of H-pyrrole nitrogens is 1. The molecule has 1 amide bonds. The van der Waals surface area contributed by atoms with Crippen LogP contribution >= 0.6 is 15.9 Å². The first kappa shape index (κ1) is 17.1. The van der Waals surface area contributed by atoms with E-state index in [1.165, 1.54) is 6.33 Å². The van der Waals surface area contributed by atoms with Crippen LogP contribution in [0.4, 0.5) is 0 Å². The monoisotopic (exact) mass is 402 g/mol. The van der Waals surface area contributed by atoms with Gasteiger partial charge in [-0.15, -0.1) is 0 Å². The normalized spacial score (nSPS) is 12.1. The van der Waals surface area contributed by atoms with Crippen LogP contribution < -0.4 is 5.32 Å². The maximum Gasteiger partial charge on any atom is 0.305 e. The molecule has 3 N–H and O–H groups in total. The smallest absolute Gasteiger partial charge is 0.305 e. The molecular formula is C17H15BrN4O3. The molecule has 0 spiro atoms. The Bertz CT molecular complexity index is 954. The van der Waals surface area contributed by atoms with Gasteiger partial charge in [0, 0.05) is 10.7 Å². The van der Waals surface area contributed by atoms with Crippen molar-refractivity contribution < 1.29 is 14.7 Å². The second-order valence-electron chi connectivity index (χ2n) is 5.59. The van der Waals surface area contributed by atoms with E-state index in [1.807, 2.05) is 19.1 Å². The number of carboxylic acid groups (broad SMARTS) is 1. The fraction of sp³-hybridized carbons (Fsp3) is 0.176. The van der Waals surface area contributed by atoms with Crippen LogP contribution in [0.3, 0.4) is 0 Å². The summed E-state index contributed by atoms with van der Waals surface area (Å²) in [5.41, 5.74) is 2.39. The van der Waals surface area contributed by atoms with E-state index < -0.39 is 17.9 Å². The molecule has 0 aliphatic carbocycles. The van der Waals surface area contributed by atoms with E-state index >= 15 is 0 Å². The summed E-state index contributed by atoms with van der Waals surface area (Å²) < 4.78 is 0.888. The number of carbonyl (C=O) groups excluding carboxylic acids is 1. The van der Waals surface area contributed by atoms with Gasteiger partial charge in [-0.05, 0) is 36.2 Å². The van der Waals surface area contributed by atoms with Gasteiger partial charge in [0.15, 0.2) is 0 Å². The van der Waals surface area contributed by atoms with Crippen molar-refractivity contribution in [3.8, 4) is 0 Å². The summed E-state index contributed by atoms with van der Waals surface area (Å²) in [6, 6.07) is 6.55. The van der Waals surface area contributed by atoms with Crippen LogP contribution in [-0.2, 0) is 4.79 Å². The molecule has 8 heteroatoms. The Labute approximate surface area is 151 Å². The van der Waals surface area contributed by atoms with Gasteiger partial charge in [-0.25, -0.2) is 9.97 Å². The Kier molecular flexibility index (Phi) is 4.80. The summed E-state index contributed by atoms with van der Waals surface area (Å²) in [7, 11) is 0. The molecule has 1 aromatic carbocycles. The highest BCUT2D eigenvalue weighted by molar-refractivity contribution is 9.10. The lowest BCUT2D eigenvalue weighted by atomic mass is 9.98. The largest absolute Gasteiger partial charge is 0.481 e. The molecule has 0 bridgehead atoms. The van der Waals surface area contributed by atoms with Crippen molar-refractivity contribution in [1.29, 1.82) is 0 Å². The van der Waals surface area contributed by atoms with Gasteiger partial charge in [0.2, 0.25) is 0 Å². The molecular weight excluding hydrogens is 388 g/mol. The van der Waals surface area contributed by atoms with Crippen molar-refractivity contribution in [2.45, 2.75) is 19.4 Å². The number of aromatic amines is 1. The number of benzene rings is 1. The lowest BCUT2D eigenvalue weighted by molar-refractivity contribution is -0.137. The molecule has 0 saturated heterocycles. The van der Waals surface area contributed by atoms with Crippen LogP contribution in [0.2, 0.25) is 0 Å². The SMILES string of the molecule is Cc1cc(Br)ccc1[C@@H](CC(=O)O)NC(=O)c1ncnc2[nH]ccc12. The Morgan fingerprint density at radius 3 is 2.84 bits per heavy atom. The van der Waals surface area contributed by atoms with E-state index in [0.717, 1.165) is 15.6 Å². The molecule has 25 heavy (non-hydrogen) atoms. The Hall–Kier alpha value is -2.74. The average molecular weight is 403 g/mol. The van der Waals surface area contributed by atoms with Crippen molar-refractivity contribution >= 4 is 38.8 Å². The first-order valence-corrected chi connectivity index (χ1v) is 8.32. The van der Waals surface area contributed by atoms with Crippen LogP contribution in [0.5, 0.6) is 0 Å². The van der Waals surface area contributed by atoms with Gasteiger partial charge in [0.25, 0.3) is 5.91 Å². The van der Waals surface area contributed by atoms with Gasteiger partial charge < -0.3 is 15.4 Å². The maximum absolute atomic E-state index is 12.7. The number of aliphatic carboxylic acids is 1. The fourth-order valence-corrected chi connectivity index (χ4v) is 3.20. The molecule has 0 fully saturated rings. The zero-order valence-electron chi connectivity index (χ0n) is 13.3. The second kappa shape index (κ2) is 7.02. The van der Waals surface area contributed by atoms with Crippen LogP contribution in [0.15, 0.2) is 41.3 Å². The van der Waals surface area contributed by atoms with Crippen LogP contribution in [-0.4, -0.2) is 31.9 Å². The number of amides is 1. The van der Waals surface area contributed by atoms with E-state index in [9.17, 15) is 14.7 Å². The van der Waals surface area contributed by atoms with Gasteiger partial charge in [-0.2, -0.15) is 0 Å². The van der Waals surface area contributed by atoms with E-state index in [2.05, 4.69) is 36.2 Å². The van der Waals surface area contributed by atoms with Crippen molar-refractivity contribution in [1.82, 2.24) is 20.3 Å². The number of nitrogens with zero attached hydrogens (tertiary/aromatic N) is 2. The van der Waals surface area contributed by atoms with E-state index in [0.29, 0.717) is 11.0 Å². The summed E-state index contributed by atoms with van der Waals surface area (Å²) in [4.78, 5) is 34.9. The third kappa shape index (κ3) is 3.69. The van der Waals surface area contributed by atoms with Gasteiger partial charge in [0.05, 0.1) is 17.8 Å².